The molecule has 0 aromatic carbocycles. The van der Waals surface area contributed by atoms with Gasteiger partial charge in [0.25, 0.3) is 0 Å². The zero-order chi connectivity index (χ0) is 10.3. The highest BCUT2D eigenvalue weighted by atomic mass is 16.0. The van der Waals surface area contributed by atoms with Crippen molar-refractivity contribution in [1.29, 1.82) is 0 Å². The fraction of sp³-hybridized carbons (Fsp3) is 1.00. The van der Waals surface area contributed by atoms with E-state index in [4.69, 9.17) is 0 Å². The Morgan fingerprint density at radius 1 is 0.500 bits per heavy atom. The highest BCUT2D eigenvalue weighted by Crippen LogP contribution is 2.48. The van der Waals surface area contributed by atoms with Crippen LogP contribution < -0.4 is 0 Å². The van der Waals surface area contributed by atoms with E-state index < -0.39 is 0 Å². The standard InChI is InChI=1S/C14H26.2H2O/c1-9-5-13-7-11(3)12(4)8-14(13)6-10(9)2;;/h9-14H,5-8H2,1-4H3;2*1H2. The maximum absolute atomic E-state index is 2.46. The molecule has 0 radical (unpaired) electrons. The van der Waals surface area contributed by atoms with Crippen molar-refractivity contribution in [2.24, 2.45) is 35.5 Å². The van der Waals surface area contributed by atoms with E-state index in [9.17, 15) is 0 Å². The first-order valence-electron chi connectivity index (χ1n) is 6.58. The first-order chi connectivity index (χ1) is 6.58. The molecule has 2 aliphatic carbocycles. The Morgan fingerprint density at radius 3 is 0.875 bits per heavy atom. The molecule has 0 amide bonds. The lowest BCUT2D eigenvalue weighted by Crippen LogP contribution is -2.36. The van der Waals surface area contributed by atoms with Crippen molar-refractivity contribution in [2.75, 3.05) is 0 Å². The lowest BCUT2D eigenvalue weighted by Gasteiger charge is -2.46. The number of hydrogen-bond donors (Lipinski definition) is 0. The quantitative estimate of drug-likeness (QED) is 0.614. The van der Waals surface area contributed by atoms with Crippen LogP contribution in [0.5, 0.6) is 0 Å². The maximum atomic E-state index is 2.46. The molecular formula is C14H30O2. The number of rotatable bonds is 0. The van der Waals surface area contributed by atoms with E-state index in [0.29, 0.717) is 0 Å². The topological polar surface area (TPSA) is 63.0 Å². The molecule has 16 heavy (non-hydrogen) atoms. The Kier molecular flexibility index (Phi) is 5.99. The third-order valence-corrected chi connectivity index (χ3v) is 5.31. The van der Waals surface area contributed by atoms with Crippen molar-refractivity contribution >= 4 is 0 Å². The molecule has 0 aliphatic heterocycles. The van der Waals surface area contributed by atoms with Crippen LogP contribution in [-0.4, -0.2) is 11.0 Å². The second-order valence-electron chi connectivity index (χ2n) is 6.37. The molecule has 0 aromatic rings. The SMILES string of the molecule is CC1CC2CC(C)C(C)CC2CC1C.O.O. The Hall–Kier alpha value is -0.0800. The molecule has 0 aromatic heterocycles. The average molecular weight is 230 g/mol. The van der Waals surface area contributed by atoms with Gasteiger partial charge in [-0.2, -0.15) is 0 Å². The van der Waals surface area contributed by atoms with Gasteiger partial charge < -0.3 is 11.0 Å². The van der Waals surface area contributed by atoms with E-state index in [1.165, 1.54) is 25.7 Å². The van der Waals surface area contributed by atoms with E-state index >= 15 is 0 Å². The molecule has 2 fully saturated rings. The first kappa shape index (κ1) is 15.9. The summed E-state index contributed by atoms with van der Waals surface area (Å²) in [6, 6.07) is 0. The van der Waals surface area contributed by atoms with E-state index in [1.807, 2.05) is 0 Å². The maximum Gasteiger partial charge on any atom is -0.0380 e. The Bertz CT molecular complexity index is 163. The highest BCUT2D eigenvalue weighted by molar-refractivity contribution is 4.88. The molecule has 0 heterocycles. The summed E-state index contributed by atoms with van der Waals surface area (Å²) >= 11 is 0. The van der Waals surface area contributed by atoms with Crippen LogP contribution in [-0.2, 0) is 0 Å². The van der Waals surface area contributed by atoms with Crippen LogP contribution >= 0.6 is 0 Å². The third-order valence-electron chi connectivity index (χ3n) is 5.31. The van der Waals surface area contributed by atoms with Gasteiger partial charge in [-0.25, -0.2) is 0 Å². The van der Waals surface area contributed by atoms with Crippen LogP contribution in [0.2, 0.25) is 0 Å². The number of fused-ring (bicyclic) bond motifs is 1. The second-order valence-corrected chi connectivity index (χ2v) is 6.37. The van der Waals surface area contributed by atoms with E-state index in [2.05, 4.69) is 27.7 Å². The molecule has 0 saturated heterocycles. The zero-order valence-electron chi connectivity index (χ0n) is 11.3. The molecule has 0 bridgehead atoms. The normalized spacial score (nSPS) is 47.2. The largest absolute Gasteiger partial charge is 0.412 e. The first-order valence-corrected chi connectivity index (χ1v) is 6.58. The smallest absolute Gasteiger partial charge is 0.0380 e. The van der Waals surface area contributed by atoms with Crippen molar-refractivity contribution in [2.45, 2.75) is 53.4 Å². The molecule has 2 heteroatoms. The molecule has 2 rings (SSSR count). The minimum Gasteiger partial charge on any atom is -0.412 e. The molecule has 4 N–H and O–H groups in total. The van der Waals surface area contributed by atoms with Crippen LogP contribution in [0.3, 0.4) is 0 Å². The molecule has 2 aliphatic rings. The molecule has 0 spiro atoms. The van der Waals surface area contributed by atoms with Gasteiger partial charge in [0.2, 0.25) is 0 Å². The van der Waals surface area contributed by atoms with E-state index in [0.717, 1.165) is 35.5 Å². The van der Waals surface area contributed by atoms with Gasteiger partial charge >= 0.3 is 0 Å². The Balaban J connectivity index is 0.00000112. The summed E-state index contributed by atoms with van der Waals surface area (Å²) in [5, 5.41) is 0. The summed E-state index contributed by atoms with van der Waals surface area (Å²) in [6.07, 6.45) is 6.07. The molecular weight excluding hydrogens is 200 g/mol. The summed E-state index contributed by atoms with van der Waals surface area (Å²) in [5.74, 6) is 6.09. The van der Waals surface area contributed by atoms with Crippen LogP contribution in [0.15, 0.2) is 0 Å². The lowest BCUT2D eigenvalue weighted by atomic mass is 9.60. The van der Waals surface area contributed by atoms with Gasteiger partial charge in [-0.1, -0.05) is 27.7 Å². The van der Waals surface area contributed by atoms with Gasteiger partial charge in [-0.15, -0.1) is 0 Å². The molecule has 2 nitrogen and oxygen atoms in total. The molecule has 98 valence electrons. The fourth-order valence-corrected chi connectivity index (χ4v) is 3.80. The lowest BCUT2D eigenvalue weighted by molar-refractivity contribution is 0.0458. The Labute approximate surface area is 100 Å². The van der Waals surface area contributed by atoms with Gasteiger partial charge in [0.1, 0.15) is 0 Å². The van der Waals surface area contributed by atoms with Crippen molar-refractivity contribution < 1.29 is 11.0 Å². The third kappa shape index (κ3) is 2.98. The van der Waals surface area contributed by atoms with E-state index in [-0.39, 0.29) is 11.0 Å². The highest BCUT2D eigenvalue weighted by Gasteiger charge is 2.38. The molecule has 2 saturated carbocycles. The van der Waals surface area contributed by atoms with Crippen LogP contribution in [0.1, 0.15) is 53.4 Å². The monoisotopic (exact) mass is 230 g/mol. The van der Waals surface area contributed by atoms with Crippen LogP contribution in [0.4, 0.5) is 0 Å². The van der Waals surface area contributed by atoms with Gasteiger partial charge in [0.15, 0.2) is 0 Å². The van der Waals surface area contributed by atoms with Gasteiger partial charge in [0.05, 0.1) is 0 Å². The van der Waals surface area contributed by atoms with Gasteiger partial charge in [-0.05, 0) is 61.2 Å². The fourth-order valence-electron chi connectivity index (χ4n) is 3.80. The summed E-state index contributed by atoms with van der Waals surface area (Å²) in [7, 11) is 0. The van der Waals surface area contributed by atoms with Crippen molar-refractivity contribution in [1.82, 2.24) is 0 Å². The number of hydrogen-bond acceptors (Lipinski definition) is 0. The van der Waals surface area contributed by atoms with Gasteiger partial charge in [0, 0.05) is 0 Å². The zero-order valence-corrected chi connectivity index (χ0v) is 11.3. The van der Waals surface area contributed by atoms with E-state index in [1.54, 1.807) is 0 Å². The predicted octanol–water partition coefficient (Wildman–Crippen LogP) is 2.70. The summed E-state index contributed by atoms with van der Waals surface area (Å²) < 4.78 is 0. The van der Waals surface area contributed by atoms with Crippen LogP contribution in [0.25, 0.3) is 0 Å². The summed E-state index contributed by atoms with van der Waals surface area (Å²) in [5.41, 5.74) is 0. The molecule has 4 atom stereocenters. The van der Waals surface area contributed by atoms with Crippen molar-refractivity contribution in [3.05, 3.63) is 0 Å². The van der Waals surface area contributed by atoms with Crippen molar-refractivity contribution in [3.8, 4) is 0 Å². The van der Waals surface area contributed by atoms with Crippen molar-refractivity contribution in [3.63, 3.8) is 0 Å². The average Bonchev–Trinajstić information content (AvgIpc) is 2.11. The van der Waals surface area contributed by atoms with Crippen LogP contribution in [0, 0.1) is 35.5 Å². The second kappa shape index (κ2) is 6.02. The molecule has 4 unspecified atom stereocenters. The summed E-state index contributed by atoms with van der Waals surface area (Å²) in [6.45, 7) is 9.85. The minimum absolute atomic E-state index is 0. The van der Waals surface area contributed by atoms with Gasteiger partial charge in [-0.3, -0.25) is 0 Å². The summed E-state index contributed by atoms with van der Waals surface area (Å²) in [4.78, 5) is 0. The predicted molar refractivity (Wildman–Crippen MR) is 69.3 cm³/mol. The minimum atomic E-state index is 0. The Morgan fingerprint density at radius 2 is 0.688 bits per heavy atom.